The Morgan fingerprint density at radius 1 is 1.29 bits per heavy atom. The minimum Gasteiger partial charge on any atom is -0.467 e. The summed E-state index contributed by atoms with van der Waals surface area (Å²) in [5, 5.41) is 0. The van der Waals surface area contributed by atoms with Gasteiger partial charge < -0.3 is 14.2 Å². The first-order valence-corrected chi connectivity index (χ1v) is 7.26. The molecule has 0 unspecified atom stereocenters. The Labute approximate surface area is 126 Å². The first kappa shape index (κ1) is 17.8. The summed E-state index contributed by atoms with van der Waals surface area (Å²) in [7, 11) is 1.32. The molecule has 0 aromatic rings. The highest BCUT2D eigenvalue weighted by Crippen LogP contribution is 2.40. The monoisotopic (exact) mass is 301 g/mol. The van der Waals surface area contributed by atoms with E-state index in [1.165, 1.54) is 12.0 Å². The maximum atomic E-state index is 12.6. The van der Waals surface area contributed by atoms with Gasteiger partial charge in [-0.1, -0.05) is 13.3 Å². The number of rotatable bonds is 3. The third kappa shape index (κ3) is 3.48. The van der Waals surface area contributed by atoms with Crippen LogP contribution in [-0.4, -0.2) is 47.5 Å². The van der Waals surface area contributed by atoms with E-state index in [1.54, 1.807) is 34.6 Å². The molecule has 1 amide bonds. The van der Waals surface area contributed by atoms with Gasteiger partial charge in [0.2, 0.25) is 0 Å². The van der Waals surface area contributed by atoms with Crippen LogP contribution in [0.1, 0.15) is 54.4 Å². The standard InChI is InChI=1S/C15H27NO5/c1-8-9-15(11(17)19-7)10-20-14(5,6)16(15)12(18)21-13(2,3)4/h8-10H2,1-7H3/t15-/m0/s1. The lowest BCUT2D eigenvalue weighted by atomic mass is 9.92. The highest BCUT2D eigenvalue weighted by Gasteiger charge is 2.60. The molecule has 0 bridgehead atoms. The maximum Gasteiger partial charge on any atom is 0.413 e. The van der Waals surface area contributed by atoms with E-state index in [1.807, 2.05) is 6.92 Å². The van der Waals surface area contributed by atoms with Crippen LogP contribution >= 0.6 is 0 Å². The number of hydrogen-bond acceptors (Lipinski definition) is 5. The Bertz CT molecular complexity index is 413. The third-order valence-corrected chi connectivity index (χ3v) is 3.44. The second-order valence-electron chi connectivity index (χ2n) is 6.82. The summed E-state index contributed by atoms with van der Waals surface area (Å²) < 4.78 is 16.1. The zero-order chi connectivity index (χ0) is 16.5. The fourth-order valence-electron chi connectivity index (χ4n) is 2.68. The summed E-state index contributed by atoms with van der Waals surface area (Å²) >= 11 is 0. The highest BCUT2D eigenvalue weighted by atomic mass is 16.6. The summed E-state index contributed by atoms with van der Waals surface area (Å²) in [4.78, 5) is 26.3. The van der Waals surface area contributed by atoms with Gasteiger partial charge in [-0.15, -0.1) is 0 Å². The van der Waals surface area contributed by atoms with Crippen molar-refractivity contribution in [1.82, 2.24) is 4.90 Å². The van der Waals surface area contributed by atoms with Gasteiger partial charge in [-0.05, 0) is 41.0 Å². The SMILES string of the molecule is CCC[C@@]1(C(=O)OC)COC(C)(C)N1C(=O)OC(C)(C)C. The van der Waals surface area contributed by atoms with E-state index in [4.69, 9.17) is 14.2 Å². The lowest BCUT2D eigenvalue weighted by Crippen LogP contribution is -2.61. The van der Waals surface area contributed by atoms with Crippen LogP contribution in [0.4, 0.5) is 4.79 Å². The fourth-order valence-corrected chi connectivity index (χ4v) is 2.68. The molecule has 6 nitrogen and oxygen atoms in total. The summed E-state index contributed by atoms with van der Waals surface area (Å²) in [6.07, 6.45) is 0.611. The van der Waals surface area contributed by atoms with E-state index in [0.717, 1.165) is 0 Å². The Hall–Kier alpha value is -1.30. The molecular weight excluding hydrogens is 274 g/mol. The number of esters is 1. The predicted molar refractivity (Wildman–Crippen MR) is 77.8 cm³/mol. The van der Waals surface area contributed by atoms with E-state index in [-0.39, 0.29) is 6.61 Å². The van der Waals surface area contributed by atoms with Crippen molar-refractivity contribution in [2.75, 3.05) is 13.7 Å². The molecular formula is C15H27NO5. The molecule has 1 aliphatic heterocycles. The number of ether oxygens (including phenoxy) is 3. The molecule has 0 N–H and O–H groups in total. The Morgan fingerprint density at radius 3 is 2.29 bits per heavy atom. The van der Waals surface area contributed by atoms with Gasteiger partial charge in [-0.3, -0.25) is 4.90 Å². The molecule has 1 fully saturated rings. The average Bonchev–Trinajstić information content (AvgIpc) is 2.59. The molecule has 0 aromatic heterocycles. The second-order valence-corrected chi connectivity index (χ2v) is 6.82. The van der Waals surface area contributed by atoms with Gasteiger partial charge in [0, 0.05) is 0 Å². The van der Waals surface area contributed by atoms with Crippen LogP contribution in [0.3, 0.4) is 0 Å². The molecule has 0 saturated carbocycles. The smallest absolute Gasteiger partial charge is 0.413 e. The van der Waals surface area contributed by atoms with Gasteiger partial charge >= 0.3 is 12.1 Å². The van der Waals surface area contributed by atoms with E-state index < -0.39 is 28.9 Å². The fraction of sp³-hybridized carbons (Fsp3) is 0.867. The van der Waals surface area contributed by atoms with Gasteiger partial charge in [0.25, 0.3) is 0 Å². The van der Waals surface area contributed by atoms with Gasteiger partial charge in [0.05, 0.1) is 13.7 Å². The Kier molecular flexibility index (Phi) is 4.93. The molecule has 0 radical (unpaired) electrons. The van der Waals surface area contributed by atoms with Crippen molar-refractivity contribution >= 4 is 12.1 Å². The number of hydrogen-bond donors (Lipinski definition) is 0. The largest absolute Gasteiger partial charge is 0.467 e. The summed E-state index contributed by atoms with van der Waals surface area (Å²) in [5.41, 5.74) is -2.70. The van der Waals surface area contributed by atoms with Crippen LogP contribution in [0.25, 0.3) is 0 Å². The van der Waals surface area contributed by atoms with E-state index >= 15 is 0 Å². The number of carbonyl (C=O) groups excluding carboxylic acids is 2. The van der Waals surface area contributed by atoms with Gasteiger partial charge in [0.15, 0.2) is 5.54 Å². The highest BCUT2D eigenvalue weighted by molar-refractivity contribution is 5.87. The van der Waals surface area contributed by atoms with Crippen molar-refractivity contribution in [2.45, 2.75) is 71.2 Å². The van der Waals surface area contributed by atoms with Crippen molar-refractivity contribution in [2.24, 2.45) is 0 Å². The Balaban J connectivity index is 3.23. The van der Waals surface area contributed by atoms with Crippen molar-refractivity contribution in [3.8, 4) is 0 Å². The maximum absolute atomic E-state index is 12.6. The van der Waals surface area contributed by atoms with Crippen LogP contribution in [0.2, 0.25) is 0 Å². The molecule has 0 spiro atoms. The minimum atomic E-state index is -1.13. The van der Waals surface area contributed by atoms with Crippen molar-refractivity contribution in [1.29, 1.82) is 0 Å². The summed E-state index contributed by atoms with van der Waals surface area (Å²) in [5.74, 6) is -0.471. The lowest BCUT2D eigenvalue weighted by Gasteiger charge is -2.40. The lowest BCUT2D eigenvalue weighted by molar-refractivity contribution is -0.155. The second kappa shape index (κ2) is 5.83. The van der Waals surface area contributed by atoms with Gasteiger partial charge in [-0.2, -0.15) is 0 Å². The molecule has 6 heteroatoms. The molecule has 1 aliphatic rings. The number of amides is 1. The molecule has 0 aliphatic carbocycles. The molecule has 122 valence electrons. The quantitative estimate of drug-likeness (QED) is 0.750. The van der Waals surface area contributed by atoms with Gasteiger partial charge in [0.1, 0.15) is 11.3 Å². The average molecular weight is 301 g/mol. The zero-order valence-corrected chi connectivity index (χ0v) is 14.1. The molecule has 1 heterocycles. The van der Waals surface area contributed by atoms with E-state index in [0.29, 0.717) is 12.8 Å². The summed E-state index contributed by atoms with van der Waals surface area (Å²) in [6, 6.07) is 0. The van der Waals surface area contributed by atoms with Gasteiger partial charge in [-0.25, -0.2) is 9.59 Å². The van der Waals surface area contributed by atoms with Crippen LogP contribution in [0.5, 0.6) is 0 Å². The van der Waals surface area contributed by atoms with E-state index in [2.05, 4.69) is 0 Å². The van der Waals surface area contributed by atoms with Crippen molar-refractivity contribution in [3.63, 3.8) is 0 Å². The number of methoxy groups -OCH3 is 1. The van der Waals surface area contributed by atoms with Crippen molar-refractivity contribution < 1.29 is 23.8 Å². The molecule has 0 aromatic carbocycles. The topological polar surface area (TPSA) is 65.1 Å². The Morgan fingerprint density at radius 2 is 1.86 bits per heavy atom. The van der Waals surface area contributed by atoms with Crippen molar-refractivity contribution in [3.05, 3.63) is 0 Å². The third-order valence-electron chi connectivity index (χ3n) is 3.44. The van der Waals surface area contributed by atoms with Crippen LogP contribution < -0.4 is 0 Å². The number of carbonyl (C=O) groups is 2. The zero-order valence-electron chi connectivity index (χ0n) is 14.1. The molecule has 1 atom stereocenters. The first-order valence-electron chi connectivity index (χ1n) is 7.26. The van der Waals surface area contributed by atoms with Crippen LogP contribution in [0.15, 0.2) is 0 Å². The molecule has 1 rings (SSSR count). The van der Waals surface area contributed by atoms with Crippen LogP contribution in [-0.2, 0) is 19.0 Å². The van der Waals surface area contributed by atoms with Crippen LogP contribution in [0, 0.1) is 0 Å². The minimum absolute atomic E-state index is 0.111. The van der Waals surface area contributed by atoms with E-state index in [9.17, 15) is 9.59 Å². The number of nitrogens with zero attached hydrogens (tertiary/aromatic N) is 1. The normalized spacial score (nSPS) is 24.8. The molecule has 21 heavy (non-hydrogen) atoms. The predicted octanol–water partition coefficient (Wildman–Crippen LogP) is 2.70. The molecule has 1 saturated heterocycles. The summed E-state index contributed by atoms with van der Waals surface area (Å²) in [6.45, 7) is 10.9. The first-order chi connectivity index (χ1) is 9.50.